The molecule has 0 atom stereocenters. The Hall–Kier alpha value is -2.76. The van der Waals surface area contributed by atoms with Crippen molar-refractivity contribution in [2.24, 2.45) is 0 Å². The van der Waals surface area contributed by atoms with Crippen molar-refractivity contribution in [2.45, 2.75) is 33.2 Å². The van der Waals surface area contributed by atoms with Gasteiger partial charge in [-0.15, -0.1) is 0 Å². The summed E-state index contributed by atoms with van der Waals surface area (Å²) in [6.07, 6.45) is 2.92. The van der Waals surface area contributed by atoms with Crippen molar-refractivity contribution in [2.75, 3.05) is 32.2 Å². The van der Waals surface area contributed by atoms with Crippen LogP contribution in [0.3, 0.4) is 0 Å². The molecule has 0 aliphatic heterocycles. The number of nitrogens with one attached hydrogen (secondary N) is 1. The first-order valence-electron chi connectivity index (χ1n) is 9.28. The van der Waals surface area contributed by atoms with Crippen molar-refractivity contribution < 1.29 is 14.3 Å². The molecule has 0 unspecified atom stereocenters. The Bertz CT molecular complexity index is 745. The van der Waals surface area contributed by atoms with E-state index in [0.29, 0.717) is 25.1 Å². The molecular weight excluding hydrogens is 342 g/mol. The number of carbonyl (C=O) groups excluding carboxylic acids is 1. The normalized spacial score (nSPS) is 10.4. The van der Waals surface area contributed by atoms with E-state index in [0.717, 1.165) is 35.8 Å². The maximum Gasteiger partial charge on any atom is 0.220 e. The molecule has 27 heavy (non-hydrogen) atoms. The van der Waals surface area contributed by atoms with Gasteiger partial charge >= 0.3 is 0 Å². The Labute approximate surface area is 161 Å². The molecule has 1 aromatic carbocycles. The van der Waals surface area contributed by atoms with Crippen molar-refractivity contribution >= 4 is 11.7 Å². The Balaban J connectivity index is 1.89. The first kappa shape index (κ1) is 20.6. The van der Waals surface area contributed by atoms with Gasteiger partial charge in [0.15, 0.2) is 0 Å². The average Bonchev–Trinajstić information content (AvgIpc) is 2.71. The Morgan fingerprint density at radius 2 is 1.89 bits per heavy atom. The van der Waals surface area contributed by atoms with Crippen LogP contribution in [0.5, 0.6) is 11.5 Å². The summed E-state index contributed by atoms with van der Waals surface area (Å²) in [7, 11) is 3.22. The molecule has 2 rings (SSSR count). The van der Waals surface area contributed by atoms with Gasteiger partial charge in [0.1, 0.15) is 17.3 Å². The van der Waals surface area contributed by atoms with Crippen molar-refractivity contribution in [1.82, 2.24) is 10.3 Å². The summed E-state index contributed by atoms with van der Waals surface area (Å²) >= 11 is 0. The van der Waals surface area contributed by atoms with E-state index in [4.69, 9.17) is 9.47 Å². The second-order valence-corrected chi connectivity index (χ2v) is 6.15. The van der Waals surface area contributed by atoms with Gasteiger partial charge in [0.2, 0.25) is 5.91 Å². The summed E-state index contributed by atoms with van der Waals surface area (Å²) in [5, 5.41) is 2.96. The first-order chi connectivity index (χ1) is 13.1. The maximum atomic E-state index is 12.2. The quantitative estimate of drug-likeness (QED) is 0.695. The van der Waals surface area contributed by atoms with Gasteiger partial charge in [0, 0.05) is 43.9 Å². The molecule has 2 aromatic rings. The summed E-state index contributed by atoms with van der Waals surface area (Å²) in [4.78, 5) is 18.9. The van der Waals surface area contributed by atoms with Crippen LogP contribution in [-0.2, 0) is 17.8 Å². The monoisotopic (exact) mass is 371 g/mol. The van der Waals surface area contributed by atoms with E-state index in [1.165, 1.54) is 0 Å². The molecule has 1 amide bonds. The fraction of sp³-hybridized carbons (Fsp3) is 0.429. The van der Waals surface area contributed by atoms with E-state index < -0.39 is 0 Å². The van der Waals surface area contributed by atoms with E-state index in [9.17, 15) is 4.79 Å². The Kier molecular flexibility index (Phi) is 7.92. The Morgan fingerprint density at radius 1 is 1.11 bits per heavy atom. The predicted molar refractivity (Wildman–Crippen MR) is 108 cm³/mol. The molecule has 1 N–H and O–H groups in total. The van der Waals surface area contributed by atoms with Crippen LogP contribution in [0.4, 0.5) is 5.82 Å². The summed E-state index contributed by atoms with van der Waals surface area (Å²) in [6, 6.07) is 9.60. The highest BCUT2D eigenvalue weighted by molar-refractivity contribution is 5.76. The molecule has 0 fully saturated rings. The SMILES string of the molecule is CCN(CC)c1cc(CCC(=O)NCc2ccc(OC)cc2OC)ccn1. The van der Waals surface area contributed by atoms with Crippen molar-refractivity contribution in [3.63, 3.8) is 0 Å². The smallest absolute Gasteiger partial charge is 0.220 e. The third kappa shape index (κ3) is 5.88. The minimum atomic E-state index is 0.00840. The molecule has 6 heteroatoms. The number of aryl methyl sites for hydroxylation is 1. The first-order valence-corrected chi connectivity index (χ1v) is 9.28. The average molecular weight is 371 g/mol. The number of nitrogens with zero attached hydrogens (tertiary/aromatic N) is 2. The van der Waals surface area contributed by atoms with Gasteiger partial charge < -0.3 is 19.7 Å². The molecule has 0 aliphatic carbocycles. The van der Waals surface area contributed by atoms with Crippen LogP contribution in [0.15, 0.2) is 36.5 Å². The van der Waals surface area contributed by atoms with Gasteiger partial charge in [-0.2, -0.15) is 0 Å². The van der Waals surface area contributed by atoms with E-state index >= 15 is 0 Å². The van der Waals surface area contributed by atoms with Crippen LogP contribution in [0.1, 0.15) is 31.4 Å². The highest BCUT2D eigenvalue weighted by Crippen LogP contribution is 2.24. The fourth-order valence-electron chi connectivity index (χ4n) is 2.87. The zero-order chi connectivity index (χ0) is 19.6. The minimum absolute atomic E-state index is 0.00840. The van der Waals surface area contributed by atoms with Gasteiger partial charge in [-0.1, -0.05) is 0 Å². The molecule has 6 nitrogen and oxygen atoms in total. The fourth-order valence-corrected chi connectivity index (χ4v) is 2.87. The van der Waals surface area contributed by atoms with Crippen LogP contribution in [0.2, 0.25) is 0 Å². The van der Waals surface area contributed by atoms with E-state index in [1.54, 1.807) is 14.2 Å². The standard InChI is InChI=1S/C21H29N3O3/c1-5-24(6-2)20-13-16(11-12-22-20)7-10-21(25)23-15-17-8-9-18(26-3)14-19(17)27-4/h8-9,11-14H,5-7,10,15H2,1-4H3,(H,23,25). The number of carbonyl (C=O) groups is 1. The van der Waals surface area contributed by atoms with Gasteiger partial charge in [-0.05, 0) is 50.1 Å². The van der Waals surface area contributed by atoms with Gasteiger partial charge in [0.05, 0.1) is 14.2 Å². The molecule has 0 radical (unpaired) electrons. The van der Waals surface area contributed by atoms with Crippen LogP contribution >= 0.6 is 0 Å². The van der Waals surface area contributed by atoms with Crippen molar-refractivity contribution in [3.8, 4) is 11.5 Å². The van der Waals surface area contributed by atoms with Crippen molar-refractivity contribution in [1.29, 1.82) is 0 Å². The second-order valence-electron chi connectivity index (χ2n) is 6.15. The number of ether oxygens (including phenoxy) is 2. The highest BCUT2D eigenvalue weighted by Gasteiger charge is 2.09. The third-order valence-electron chi connectivity index (χ3n) is 4.51. The van der Waals surface area contributed by atoms with E-state index in [2.05, 4.69) is 35.1 Å². The van der Waals surface area contributed by atoms with E-state index in [-0.39, 0.29) is 5.91 Å². The van der Waals surface area contributed by atoms with Crippen LogP contribution in [0, 0.1) is 0 Å². The maximum absolute atomic E-state index is 12.2. The molecule has 0 bridgehead atoms. The van der Waals surface area contributed by atoms with Crippen molar-refractivity contribution in [3.05, 3.63) is 47.7 Å². The summed E-state index contributed by atoms with van der Waals surface area (Å²) in [5.74, 6) is 2.39. The van der Waals surface area contributed by atoms with Crippen LogP contribution in [-0.4, -0.2) is 38.2 Å². The Morgan fingerprint density at radius 3 is 2.56 bits per heavy atom. The number of amides is 1. The van der Waals surface area contributed by atoms with Gasteiger partial charge in [-0.25, -0.2) is 4.98 Å². The second kappa shape index (κ2) is 10.4. The highest BCUT2D eigenvalue weighted by atomic mass is 16.5. The number of rotatable bonds is 10. The molecule has 1 aromatic heterocycles. The summed E-state index contributed by atoms with van der Waals surface area (Å²) < 4.78 is 10.6. The van der Waals surface area contributed by atoms with E-state index in [1.807, 2.05) is 30.5 Å². The lowest BCUT2D eigenvalue weighted by molar-refractivity contribution is -0.121. The van der Waals surface area contributed by atoms with Crippen LogP contribution < -0.4 is 19.7 Å². The summed E-state index contributed by atoms with van der Waals surface area (Å²) in [6.45, 7) is 6.47. The molecular formula is C21H29N3O3. The minimum Gasteiger partial charge on any atom is -0.497 e. The number of hydrogen-bond donors (Lipinski definition) is 1. The zero-order valence-electron chi connectivity index (χ0n) is 16.6. The lowest BCUT2D eigenvalue weighted by Crippen LogP contribution is -2.24. The van der Waals surface area contributed by atoms with Gasteiger partial charge in [-0.3, -0.25) is 4.79 Å². The lowest BCUT2D eigenvalue weighted by atomic mass is 10.1. The molecule has 0 saturated heterocycles. The number of pyridine rings is 1. The number of aromatic nitrogens is 1. The molecule has 0 saturated carbocycles. The largest absolute Gasteiger partial charge is 0.497 e. The van der Waals surface area contributed by atoms with Crippen LogP contribution in [0.25, 0.3) is 0 Å². The molecule has 1 heterocycles. The zero-order valence-corrected chi connectivity index (χ0v) is 16.6. The lowest BCUT2D eigenvalue weighted by Gasteiger charge is -2.20. The predicted octanol–water partition coefficient (Wildman–Crippen LogP) is 3.19. The molecule has 0 aliphatic rings. The molecule has 0 spiro atoms. The third-order valence-corrected chi connectivity index (χ3v) is 4.51. The van der Waals surface area contributed by atoms with Gasteiger partial charge in [0.25, 0.3) is 0 Å². The number of hydrogen-bond acceptors (Lipinski definition) is 5. The summed E-state index contributed by atoms with van der Waals surface area (Å²) in [5.41, 5.74) is 2.03. The number of methoxy groups -OCH3 is 2. The number of benzene rings is 1. The topological polar surface area (TPSA) is 63.7 Å². The number of anilines is 1. The molecule has 146 valence electrons.